The minimum Gasteiger partial charge on any atom is -0.491 e. The van der Waals surface area contributed by atoms with Crippen LogP contribution in [0.25, 0.3) is 0 Å². The first kappa shape index (κ1) is 26.9. The van der Waals surface area contributed by atoms with Crippen molar-refractivity contribution in [2.45, 2.75) is 39.9 Å². The average molecular weight is 534 g/mol. The molecule has 0 bridgehead atoms. The molecule has 1 aliphatic heterocycles. The molecule has 1 aliphatic rings. The van der Waals surface area contributed by atoms with Gasteiger partial charge in [0.25, 0.3) is 0 Å². The minimum absolute atomic E-state index is 0. The van der Waals surface area contributed by atoms with Crippen LogP contribution in [0.1, 0.15) is 39.4 Å². The molecule has 172 valence electrons. The van der Waals surface area contributed by atoms with Gasteiger partial charge < -0.3 is 25.2 Å². The van der Waals surface area contributed by atoms with E-state index < -0.39 is 6.10 Å². The Bertz CT molecular complexity index is 624. The second kappa shape index (κ2) is 14.8. The molecule has 0 aromatic heterocycles. The van der Waals surface area contributed by atoms with E-state index in [1.165, 1.54) is 0 Å². The molecule has 0 radical (unpaired) electrons. The number of nitrogens with zero attached hydrogens (tertiary/aromatic N) is 2. The van der Waals surface area contributed by atoms with E-state index in [9.17, 15) is 5.11 Å². The molecule has 8 heteroatoms. The molecule has 0 spiro atoms. The van der Waals surface area contributed by atoms with E-state index in [4.69, 9.17) is 14.5 Å². The first-order valence-electron chi connectivity index (χ1n) is 10.7. The molecule has 3 N–H and O–H groups in total. The molecule has 2 rings (SSSR count). The number of hydrogen-bond donors (Lipinski definition) is 3. The van der Waals surface area contributed by atoms with Gasteiger partial charge in [-0.15, -0.1) is 24.0 Å². The molecule has 2 unspecified atom stereocenters. The Labute approximate surface area is 198 Å². The lowest BCUT2D eigenvalue weighted by Gasteiger charge is -2.28. The second-order valence-corrected chi connectivity index (χ2v) is 7.87. The van der Waals surface area contributed by atoms with Gasteiger partial charge in [0.15, 0.2) is 5.96 Å². The van der Waals surface area contributed by atoms with E-state index >= 15 is 0 Å². The highest BCUT2D eigenvalue weighted by atomic mass is 127. The Morgan fingerprint density at radius 2 is 1.97 bits per heavy atom. The Kier molecular flexibility index (Phi) is 13.3. The Morgan fingerprint density at radius 3 is 2.63 bits per heavy atom. The molecule has 1 heterocycles. The lowest BCUT2D eigenvalue weighted by Crippen LogP contribution is -2.41. The van der Waals surface area contributed by atoms with E-state index in [-0.39, 0.29) is 30.1 Å². The number of benzene rings is 1. The maximum absolute atomic E-state index is 10.6. The van der Waals surface area contributed by atoms with Crippen LogP contribution >= 0.6 is 24.0 Å². The summed E-state index contributed by atoms with van der Waals surface area (Å²) in [5.41, 5.74) is 0.826. The molecule has 0 saturated carbocycles. The van der Waals surface area contributed by atoms with Crippen LogP contribution in [0.3, 0.4) is 0 Å². The monoisotopic (exact) mass is 534 g/mol. The van der Waals surface area contributed by atoms with Gasteiger partial charge in [0.1, 0.15) is 5.75 Å². The van der Waals surface area contributed by atoms with E-state index in [2.05, 4.69) is 22.5 Å². The summed E-state index contributed by atoms with van der Waals surface area (Å²) in [7, 11) is 0. The minimum atomic E-state index is -0.639. The van der Waals surface area contributed by atoms with Crippen molar-refractivity contribution < 1.29 is 14.6 Å². The molecule has 0 aliphatic carbocycles. The zero-order chi connectivity index (χ0) is 21.1. The fourth-order valence-corrected chi connectivity index (χ4v) is 3.25. The van der Waals surface area contributed by atoms with Crippen LogP contribution in [0, 0.1) is 5.92 Å². The zero-order valence-electron chi connectivity index (χ0n) is 18.8. The lowest BCUT2D eigenvalue weighted by atomic mass is 10.1. The van der Waals surface area contributed by atoms with Crippen LogP contribution in [-0.2, 0) is 4.74 Å². The first-order chi connectivity index (χ1) is 14.0. The number of halogens is 1. The number of aliphatic hydroxyl groups is 1. The van der Waals surface area contributed by atoms with Crippen molar-refractivity contribution in [2.75, 3.05) is 52.5 Å². The number of aliphatic imine (C=N–C) groups is 1. The van der Waals surface area contributed by atoms with Gasteiger partial charge >= 0.3 is 0 Å². The maximum atomic E-state index is 10.6. The summed E-state index contributed by atoms with van der Waals surface area (Å²) in [6.45, 7) is 14.8. The van der Waals surface area contributed by atoms with Crippen LogP contribution in [0.4, 0.5) is 0 Å². The molecular formula is C22H39IN4O3. The summed E-state index contributed by atoms with van der Waals surface area (Å²) in [5, 5.41) is 17.1. The van der Waals surface area contributed by atoms with Gasteiger partial charge in [-0.25, -0.2) is 0 Å². The van der Waals surface area contributed by atoms with Crippen molar-refractivity contribution >= 4 is 29.9 Å². The number of nitrogens with one attached hydrogen (secondary N) is 2. The normalized spacial score (nSPS) is 17.2. The van der Waals surface area contributed by atoms with Crippen molar-refractivity contribution in [1.29, 1.82) is 0 Å². The molecule has 0 amide bonds. The van der Waals surface area contributed by atoms with Crippen LogP contribution in [-0.4, -0.2) is 74.6 Å². The highest BCUT2D eigenvalue weighted by Gasteiger charge is 2.14. The number of aliphatic hydroxyl groups excluding tert-OH is 1. The van der Waals surface area contributed by atoms with Gasteiger partial charge in [-0.3, -0.25) is 9.89 Å². The molecule has 1 aromatic rings. The van der Waals surface area contributed by atoms with Crippen LogP contribution < -0.4 is 15.4 Å². The van der Waals surface area contributed by atoms with E-state index in [1.54, 1.807) is 0 Å². The van der Waals surface area contributed by atoms with Gasteiger partial charge in [-0.1, -0.05) is 19.1 Å². The highest BCUT2D eigenvalue weighted by Crippen LogP contribution is 2.19. The smallest absolute Gasteiger partial charge is 0.191 e. The molecule has 1 fully saturated rings. The van der Waals surface area contributed by atoms with Crippen molar-refractivity contribution in [3.8, 4) is 5.75 Å². The molecule has 30 heavy (non-hydrogen) atoms. The summed E-state index contributed by atoms with van der Waals surface area (Å²) in [4.78, 5) is 7.13. The van der Waals surface area contributed by atoms with Crippen molar-refractivity contribution in [1.82, 2.24) is 15.5 Å². The quantitative estimate of drug-likeness (QED) is 0.244. The Hall–Kier alpha value is -1.10. The molecular weight excluding hydrogens is 495 g/mol. The predicted octanol–water partition coefficient (Wildman–Crippen LogP) is 2.65. The summed E-state index contributed by atoms with van der Waals surface area (Å²) in [6.07, 6.45) is -0.534. The number of hydrogen-bond acceptors (Lipinski definition) is 5. The number of guanidine groups is 1. The third-order valence-corrected chi connectivity index (χ3v) is 4.66. The average Bonchev–Trinajstić information content (AvgIpc) is 2.70. The Balaban J connectivity index is 0.00000450. The predicted molar refractivity (Wildman–Crippen MR) is 133 cm³/mol. The van der Waals surface area contributed by atoms with Crippen LogP contribution in [0.5, 0.6) is 5.75 Å². The van der Waals surface area contributed by atoms with Gasteiger partial charge in [-0.2, -0.15) is 0 Å². The summed E-state index contributed by atoms with van der Waals surface area (Å²) < 4.78 is 11.1. The highest BCUT2D eigenvalue weighted by molar-refractivity contribution is 14.0. The van der Waals surface area contributed by atoms with Gasteiger partial charge in [0.05, 0.1) is 25.4 Å². The summed E-state index contributed by atoms with van der Waals surface area (Å²) >= 11 is 0. The molecule has 1 aromatic carbocycles. The van der Waals surface area contributed by atoms with E-state index in [0.717, 1.165) is 63.2 Å². The van der Waals surface area contributed by atoms with Crippen LogP contribution in [0.2, 0.25) is 0 Å². The second-order valence-electron chi connectivity index (χ2n) is 7.87. The molecule has 7 nitrogen and oxygen atoms in total. The third-order valence-electron chi connectivity index (χ3n) is 4.66. The number of ether oxygens (including phenoxy) is 2. The zero-order valence-corrected chi connectivity index (χ0v) is 21.1. The van der Waals surface area contributed by atoms with Gasteiger partial charge in [-0.05, 0) is 44.4 Å². The van der Waals surface area contributed by atoms with Gasteiger partial charge in [0.2, 0.25) is 0 Å². The topological polar surface area (TPSA) is 78.4 Å². The SMILES string of the molecule is CCNC(=NCC(C)CN1CCOCC1)NCC(O)c1cccc(OC(C)C)c1.I. The maximum Gasteiger partial charge on any atom is 0.191 e. The van der Waals surface area contributed by atoms with Crippen molar-refractivity contribution in [3.05, 3.63) is 29.8 Å². The van der Waals surface area contributed by atoms with Crippen molar-refractivity contribution in [3.63, 3.8) is 0 Å². The molecule has 2 atom stereocenters. The Morgan fingerprint density at radius 1 is 1.23 bits per heavy atom. The van der Waals surface area contributed by atoms with Crippen LogP contribution in [0.15, 0.2) is 29.3 Å². The fraction of sp³-hybridized carbons (Fsp3) is 0.682. The summed E-state index contributed by atoms with van der Waals surface area (Å²) in [6, 6.07) is 7.61. The fourth-order valence-electron chi connectivity index (χ4n) is 3.25. The van der Waals surface area contributed by atoms with Crippen molar-refractivity contribution in [2.24, 2.45) is 10.9 Å². The third kappa shape index (κ3) is 10.3. The lowest BCUT2D eigenvalue weighted by molar-refractivity contribution is 0.0323. The summed E-state index contributed by atoms with van der Waals surface area (Å²) in [5.74, 6) is 1.96. The van der Waals surface area contributed by atoms with E-state index in [1.807, 2.05) is 45.0 Å². The van der Waals surface area contributed by atoms with E-state index in [0.29, 0.717) is 12.5 Å². The number of rotatable bonds is 10. The molecule has 1 saturated heterocycles. The van der Waals surface area contributed by atoms with Gasteiger partial charge in [0, 0.05) is 39.3 Å². The standard InChI is InChI=1S/C22H38N4O3.HI/c1-5-23-22(24-14-18(4)16-26-9-11-28-12-10-26)25-15-21(27)19-7-6-8-20(13-19)29-17(2)3;/h6-8,13,17-18,21,27H,5,9-12,14-16H2,1-4H3,(H2,23,24,25);1H. The first-order valence-corrected chi connectivity index (χ1v) is 10.7. The number of morpholine rings is 1. The largest absolute Gasteiger partial charge is 0.491 e.